The minimum absolute atomic E-state index is 0.0288. The molecule has 1 aromatic rings. The van der Waals surface area contributed by atoms with E-state index in [1.807, 2.05) is 6.92 Å². The molecule has 3 N–H and O–H groups in total. The van der Waals surface area contributed by atoms with E-state index in [-0.39, 0.29) is 11.9 Å². The lowest BCUT2D eigenvalue weighted by Gasteiger charge is -2.15. The quantitative estimate of drug-likeness (QED) is 0.345. The van der Waals surface area contributed by atoms with E-state index in [1.54, 1.807) is 18.5 Å². The molecule has 0 saturated heterocycles. The Morgan fingerprint density at radius 1 is 1.69 bits per heavy atom. The molecule has 0 aromatic carbocycles. The van der Waals surface area contributed by atoms with Crippen LogP contribution >= 0.6 is 0 Å². The molecule has 0 bridgehead atoms. The van der Waals surface area contributed by atoms with Crippen molar-refractivity contribution in [2.24, 2.45) is 10.9 Å². The van der Waals surface area contributed by atoms with Crippen LogP contribution in [-0.4, -0.2) is 22.1 Å². The maximum Gasteiger partial charge on any atom is 0.173 e. The number of nitrogens with zero attached hydrogens (tertiary/aromatic N) is 2. The van der Waals surface area contributed by atoms with Gasteiger partial charge in [0.2, 0.25) is 0 Å². The fraction of sp³-hybridized carbons (Fsp3) is 0.455. The molecule has 0 aliphatic rings. The third kappa shape index (κ3) is 3.12. The maximum absolute atomic E-state index is 8.64. The number of amidine groups is 1. The highest BCUT2D eigenvalue weighted by molar-refractivity contribution is 5.99. The zero-order valence-electron chi connectivity index (χ0n) is 9.55. The third-order valence-corrected chi connectivity index (χ3v) is 2.19. The standard InChI is InChI=1S/C11H17N3O2/c1-3-4-8(2)16-10-7-13-6-5-9(10)11(12)14-15/h5-8,15H,3-4H2,1-2H3,(H2,12,14). The summed E-state index contributed by atoms with van der Waals surface area (Å²) in [5.41, 5.74) is 6.09. The predicted molar refractivity (Wildman–Crippen MR) is 61.7 cm³/mol. The van der Waals surface area contributed by atoms with Gasteiger partial charge in [-0.25, -0.2) is 0 Å². The lowest BCUT2D eigenvalue weighted by molar-refractivity contribution is 0.208. The zero-order valence-corrected chi connectivity index (χ0v) is 9.55. The van der Waals surface area contributed by atoms with Gasteiger partial charge in [0.15, 0.2) is 5.84 Å². The maximum atomic E-state index is 8.64. The van der Waals surface area contributed by atoms with E-state index in [0.29, 0.717) is 11.3 Å². The van der Waals surface area contributed by atoms with E-state index in [2.05, 4.69) is 17.1 Å². The number of oxime groups is 1. The Balaban J connectivity index is 2.87. The van der Waals surface area contributed by atoms with E-state index < -0.39 is 0 Å². The lowest BCUT2D eigenvalue weighted by atomic mass is 10.2. The molecule has 1 aromatic heterocycles. The van der Waals surface area contributed by atoms with Crippen LogP contribution in [0.25, 0.3) is 0 Å². The molecule has 0 aliphatic heterocycles. The van der Waals surface area contributed by atoms with E-state index >= 15 is 0 Å². The summed E-state index contributed by atoms with van der Waals surface area (Å²) < 4.78 is 5.67. The van der Waals surface area contributed by atoms with Crippen molar-refractivity contribution in [2.75, 3.05) is 0 Å². The predicted octanol–water partition coefficient (Wildman–Crippen LogP) is 1.74. The number of hydrogen-bond donors (Lipinski definition) is 2. The average molecular weight is 223 g/mol. The molecular formula is C11H17N3O2. The Morgan fingerprint density at radius 3 is 3.06 bits per heavy atom. The number of aromatic nitrogens is 1. The molecule has 0 radical (unpaired) electrons. The summed E-state index contributed by atoms with van der Waals surface area (Å²) in [6, 6.07) is 1.66. The number of hydrogen-bond acceptors (Lipinski definition) is 4. The van der Waals surface area contributed by atoms with Gasteiger partial charge in [0.25, 0.3) is 0 Å². The highest BCUT2D eigenvalue weighted by Gasteiger charge is 2.10. The summed E-state index contributed by atoms with van der Waals surface area (Å²) in [5.74, 6) is 0.569. The van der Waals surface area contributed by atoms with Crippen LogP contribution in [0.4, 0.5) is 0 Å². The highest BCUT2D eigenvalue weighted by atomic mass is 16.5. The summed E-state index contributed by atoms with van der Waals surface area (Å²) in [6.45, 7) is 4.07. The van der Waals surface area contributed by atoms with Gasteiger partial charge in [-0.2, -0.15) is 0 Å². The smallest absolute Gasteiger partial charge is 0.173 e. The van der Waals surface area contributed by atoms with Crippen molar-refractivity contribution in [3.05, 3.63) is 24.0 Å². The van der Waals surface area contributed by atoms with Crippen molar-refractivity contribution in [1.82, 2.24) is 4.98 Å². The summed E-state index contributed by atoms with van der Waals surface area (Å²) in [6.07, 6.45) is 5.22. The van der Waals surface area contributed by atoms with Gasteiger partial charge in [-0.15, -0.1) is 0 Å². The minimum atomic E-state index is 0.0288. The van der Waals surface area contributed by atoms with Crippen LogP contribution in [0.3, 0.4) is 0 Å². The Hall–Kier alpha value is -1.78. The first-order chi connectivity index (χ1) is 7.69. The second-order valence-electron chi connectivity index (χ2n) is 3.57. The van der Waals surface area contributed by atoms with Crippen LogP contribution in [0.1, 0.15) is 32.3 Å². The summed E-state index contributed by atoms with van der Waals surface area (Å²) in [5, 5.41) is 11.6. The molecule has 5 heteroatoms. The van der Waals surface area contributed by atoms with Crippen LogP contribution in [0, 0.1) is 0 Å². The fourth-order valence-corrected chi connectivity index (χ4v) is 1.42. The average Bonchev–Trinajstić information content (AvgIpc) is 2.29. The number of nitrogens with two attached hydrogens (primary N) is 1. The molecule has 1 rings (SSSR count). The second-order valence-corrected chi connectivity index (χ2v) is 3.57. The van der Waals surface area contributed by atoms with Gasteiger partial charge in [-0.1, -0.05) is 18.5 Å². The number of rotatable bonds is 5. The van der Waals surface area contributed by atoms with Crippen molar-refractivity contribution in [1.29, 1.82) is 0 Å². The van der Waals surface area contributed by atoms with E-state index in [1.165, 1.54) is 0 Å². The zero-order chi connectivity index (χ0) is 12.0. The van der Waals surface area contributed by atoms with E-state index in [4.69, 9.17) is 15.7 Å². The Morgan fingerprint density at radius 2 is 2.44 bits per heavy atom. The number of pyridine rings is 1. The third-order valence-electron chi connectivity index (χ3n) is 2.19. The lowest BCUT2D eigenvalue weighted by Crippen LogP contribution is -2.18. The van der Waals surface area contributed by atoms with Crippen molar-refractivity contribution in [3.63, 3.8) is 0 Å². The normalized spacial score (nSPS) is 13.5. The van der Waals surface area contributed by atoms with Gasteiger partial charge in [-0.05, 0) is 19.4 Å². The van der Waals surface area contributed by atoms with Gasteiger partial charge in [-0.3, -0.25) is 4.98 Å². The van der Waals surface area contributed by atoms with Gasteiger partial charge < -0.3 is 15.7 Å². The molecule has 1 atom stereocenters. The van der Waals surface area contributed by atoms with Gasteiger partial charge >= 0.3 is 0 Å². The molecule has 1 heterocycles. The fourth-order valence-electron chi connectivity index (χ4n) is 1.42. The van der Waals surface area contributed by atoms with Crippen LogP contribution in [-0.2, 0) is 0 Å². The summed E-state index contributed by atoms with van der Waals surface area (Å²) >= 11 is 0. The first kappa shape index (κ1) is 12.3. The Kier molecular flexibility index (Phi) is 4.57. The molecule has 0 fully saturated rings. The number of ether oxygens (including phenoxy) is 1. The van der Waals surface area contributed by atoms with Crippen LogP contribution in [0.15, 0.2) is 23.6 Å². The van der Waals surface area contributed by atoms with Crippen molar-refractivity contribution < 1.29 is 9.94 Å². The second kappa shape index (κ2) is 5.95. The van der Waals surface area contributed by atoms with Crippen molar-refractivity contribution >= 4 is 5.84 Å². The van der Waals surface area contributed by atoms with Crippen molar-refractivity contribution in [2.45, 2.75) is 32.8 Å². The minimum Gasteiger partial charge on any atom is -0.488 e. The summed E-state index contributed by atoms with van der Waals surface area (Å²) in [4.78, 5) is 3.96. The Bertz CT molecular complexity index is 366. The molecule has 0 saturated carbocycles. The van der Waals surface area contributed by atoms with Crippen LogP contribution in [0.2, 0.25) is 0 Å². The van der Waals surface area contributed by atoms with Gasteiger partial charge in [0.1, 0.15) is 5.75 Å². The van der Waals surface area contributed by atoms with Gasteiger partial charge in [0, 0.05) is 6.20 Å². The molecule has 0 aliphatic carbocycles. The molecule has 88 valence electrons. The van der Waals surface area contributed by atoms with Crippen molar-refractivity contribution in [3.8, 4) is 5.75 Å². The van der Waals surface area contributed by atoms with Crippen LogP contribution in [0.5, 0.6) is 5.75 Å². The molecule has 0 amide bonds. The molecule has 1 unspecified atom stereocenters. The first-order valence-electron chi connectivity index (χ1n) is 5.27. The topological polar surface area (TPSA) is 80.7 Å². The monoisotopic (exact) mass is 223 g/mol. The van der Waals surface area contributed by atoms with Gasteiger partial charge in [0.05, 0.1) is 17.9 Å². The van der Waals surface area contributed by atoms with Crippen LogP contribution < -0.4 is 10.5 Å². The first-order valence-corrected chi connectivity index (χ1v) is 5.27. The molecule has 5 nitrogen and oxygen atoms in total. The SMILES string of the molecule is CCCC(C)Oc1cnccc1/C(N)=N/O. The molecule has 16 heavy (non-hydrogen) atoms. The largest absolute Gasteiger partial charge is 0.488 e. The Labute approximate surface area is 94.9 Å². The molecular weight excluding hydrogens is 206 g/mol. The van der Waals surface area contributed by atoms with E-state index in [0.717, 1.165) is 12.8 Å². The highest BCUT2D eigenvalue weighted by Crippen LogP contribution is 2.18. The van der Waals surface area contributed by atoms with E-state index in [9.17, 15) is 0 Å². The molecule has 0 spiro atoms. The summed E-state index contributed by atoms with van der Waals surface area (Å²) in [7, 11) is 0.